The van der Waals surface area contributed by atoms with E-state index in [1.54, 1.807) is 13.8 Å². The van der Waals surface area contributed by atoms with Crippen LogP contribution in [0.3, 0.4) is 0 Å². The Bertz CT molecular complexity index is 378. The number of aliphatic hydroxyl groups is 1. The van der Waals surface area contributed by atoms with Crippen molar-refractivity contribution in [1.82, 2.24) is 0 Å². The average Bonchev–Trinajstić information content (AvgIpc) is 2.31. The minimum absolute atomic E-state index is 0.159. The highest BCUT2D eigenvalue weighted by atomic mass is 16.5. The van der Waals surface area contributed by atoms with Crippen LogP contribution in [0, 0.1) is 0 Å². The van der Waals surface area contributed by atoms with E-state index in [1.807, 2.05) is 0 Å². The largest absolute Gasteiger partial charge is 0.504 e. The van der Waals surface area contributed by atoms with Gasteiger partial charge in [0, 0.05) is 0 Å². The molecule has 1 aliphatic heterocycles. The van der Waals surface area contributed by atoms with Gasteiger partial charge in [-0.3, -0.25) is 4.79 Å². The minimum atomic E-state index is -0.803. The Kier molecular flexibility index (Phi) is 3.71. The first kappa shape index (κ1) is 12.3. The maximum Gasteiger partial charge on any atom is 0.342 e. The van der Waals surface area contributed by atoms with Gasteiger partial charge >= 0.3 is 5.97 Å². The molecule has 1 aliphatic rings. The summed E-state index contributed by atoms with van der Waals surface area (Å²) in [6, 6.07) is 0. The molecule has 0 fully saturated rings. The van der Waals surface area contributed by atoms with Crippen LogP contribution in [0.1, 0.15) is 20.8 Å². The van der Waals surface area contributed by atoms with E-state index in [0.717, 1.165) is 0 Å². The predicted molar refractivity (Wildman–Crippen MR) is 55.6 cm³/mol. The Labute approximate surface area is 93.3 Å². The molecule has 16 heavy (non-hydrogen) atoms. The molecule has 0 amide bonds. The fourth-order valence-corrected chi connectivity index (χ4v) is 1.33. The Balaban J connectivity index is 3.14. The number of carbonyl (C=O) groups is 2. The molecule has 1 unspecified atom stereocenters. The van der Waals surface area contributed by atoms with Crippen LogP contribution in [-0.4, -0.2) is 29.6 Å². The number of ketones is 1. The fraction of sp³-hybridized carbons (Fsp3) is 0.455. The molecular formula is C11H14O5. The maximum absolute atomic E-state index is 11.5. The molecule has 5 nitrogen and oxygen atoms in total. The number of esters is 1. The first-order valence-electron chi connectivity index (χ1n) is 4.96. The molecule has 88 valence electrons. The Morgan fingerprint density at radius 3 is 2.81 bits per heavy atom. The molecule has 0 radical (unpaired) electrons. The number of hydrogen-bond acceptors (Lipinski definition) is 5. The molecule has 1 heterocycles. The van der Waals surface area contributed by atoms with Gasteiger partial charge in [0.1, 0.15) is 5.57 Å². The number of aliphatic hydroxyl groups excluding tert-OH is 1. The molecule has 0 bridgehead atoms. The Morgan fingerprint density at radius 2 is 2.25 bits per heavy atom. The predicted octanol–water partition coefficient (Wildman–Crippen LogP) is 1.25. The second-order valence-corrected chi connectivity index (χ2v) is 3.36. The highest BCUT2D eigenvalue weighted by Crippen LogP contribution is 2.19. The summed E-state index contributed by atoms with van der Waals surface area (Å²) in [4.78, 5) is 23.0. The van der Waals surface area contributed by atoms with E-state index in [4.69, 9.17) is 9.47 Å². The second-order valence-electron chi connectivity index (χ2n) is 3.36. The first-order chi connectivity index (χ1) is 7.47. The number of ether oxygens (including phenoxy) is 2. The normalized spacial score (nSPS) is 21.1. The molecule has 1 atom stereocenters. The van der Waals surface area contributed by atoms with E-state index in [9.17, 15) is 14.7 Å². The molecule has 0 saturated carbocycles. The lowest BCUT2D eigenvalue weighted by Crippen LogP contribution is -2.22. The molecule has 5 heteroatoms. The molecular weight excluding hydrogens is 212 g/mol. The fourth-order valence-electron chi connectivity index (χ4n) is 1.33. The van der Waals surface area contributed by atoms with Crippen molar-refractivity contribution in [2.24, 2.45) is 0 Å². The third kappa shape index (κ3) is 2.42. The van der Waals surface area contributed by atoms with E-state index in [0.29, 0.717) is 5.76 Å². The zero-order valence-corrected chi connectivity index (χ0v) is 9.44. The van der Waals surface area contributed by atoms with E-state index < -0.39 is 23.6 Å². The number of Topliss-reactive ketones (excluding diaryl/α,β-unsaturated/α-hetero) is 1. The molecule has 0 aromatic heterocycles. The molecule has 0 saturated heterocycles. The van der Waals surface area contributed by atoms with Crippen LogP contribution < -0.4 is 0 Å². The van der Waals surface area contributed by atoms with Gasteiger partial charge in [0.25, 0.3) is 0 Å². The Hall–Kier alpha value is -1.78. The summed E-state index contributed by atoms with van der Waals surface area (Å²) in [6.07, 6.45) is 0.498. The van der Waals surface area contributed by atoms with Crippen LogP contribution in [0.15, 0.2) is 23.2 Å². The van der Waals surface area contributed by atoms with Crippen molar-refractivity contribution in [1.29, 1.82) is 0 Å². The highest BCUT2D eigenvalue weighted by Gasteiger charge is 2.28. The third-order valence-electron chi connectivity index (χ3n) is 2.06. The molecule has 0 aromatic rings. The van der Waals surface area contributed by atoms with Gasteiger partial charge in [-0.05, 0) is 26.8 Å². The average molecular weight is 226 g/mol. The number of allylic oxidation sites excluding steroid dienone is 1. The monoisotopic (exact) mass is 226 g/mol. The van der Waals surface area contributed by atoms with E-state index >= 15 is 0 Å². The summed E-state index contributed by atoms with van der Waals surface area (Å²) in [5, 5.41) is 9.61. The smallest absolute Gasteiger partial charge is 0.342 e. The van der Waals surface area contributed by atoms with Gasteiger partial charge in [0.15, 0.2) is 11.9 Å². The quantitative estimate of drug-likeness (QED) is 0.717. The molecule has 1 rings (SSSR count). The first-order valence-corrected chi connectivity index (χ1v) is 4.96. The van der Waals surface area contributed by atoms with Crippen molar-refractivity contribution in [3.05, 3.63) is 23.2 Å². The topological polar surface area (TPSA) is 72.8 Å². The van der Waals surface area contributed by atoms with Crippen LogP contribution in [0.2, 0.25) is 0 Å². The summed E-state index contributed by atoms with van der Waals surface area (Å²) in [7, 11) is 0. The van der Waals surface area contributed by atoms with Gasteiger partial charge in [-0.15, -0.1) is 0 Å². The molecule has 1 N–H and O–H groups in total. The summed E-state index contributed by atoms with van der Waals surface area (Å²) >= 11 is 0. The van der Waals surface area contributed by atoms with Gasteiger partial charge < -0.3 is 14.6 Å². The zero-order valence-electron chi connectivity index (χ0n) is 9.44. The lowest BCUT2D eigenvalue weighted by molar-refractivity contribution is -0.138. The zero-order chi connectivity index (χ0) is 12.3. The SMILES string of the molecule is CCOC(=O)C1=C(O)C(=O)C(C)OC(C)=C1. The van der Waals surface area contributed by atoms with Crippen LogP contribution in [0.5, 0.6) is 0 Å². The minimum Gasteiger partial charge on any atom is -0.504 e. The van der Waals surface area contributed by atoms with Gasteiger partial charge in [-0.1, -0.05) is 0 Å². The standard InChI is InChI=1S/C11H14O5/c1-4-15-11(14)8-5-6(2)16-7(3)9(12)10(8)13/h5,7,13H,4H2,1-3H3. The van der Waals surface area contributed by atoms with Gasteiger partial charge in [0.2, 0.25) is 5.78 Å². The summed E-state index contributed by atoms with van der Waals surface area (Å²) in [5.41, 5.74) is -0.159. The second kappa shape index (κ2) is 4.83. The van der Waals surface area contributed by atoms with Crippen molar-refractivity contribution in [3.8, 4) is 0 Å². The van der Waals surface area contributed by atoms with Gasteiger partial charge in [0.05, 0.1) is 12.4 Å². The van der Waals surface area contributed by atoms with Crippen LogP contribution in [-0.2, 0) is 19.1 Å². The maximum atomic E-state index is 11.5. The summed E-state index contributed by atoms with van der Waals surface area (Å²) in [6.45, 7) is 4.92. The van der Waals surface area contributed by atoms with E-state index in [-0.39, 0.29) is 12.2 Å². The van der Waals surface area contributed by atoms with Crippen molar-refractivity contribution in [3.63, 3.8) is 0 Å². The Morgan fingerprint density at radius 1 is 1.62 bits per heavy atom. The molecule has 0 aliphatic carbocycles. The summed E-state index contributed by atoms with van der Waals surface area (Å²) < 4.78 is 9.88. The molecule has 0 spiro atoms. The lowest BCUT2D eigenvalue weighted by atomic mass is 10.1. The van der Waals surface area contributed by atoms with E-state index in [1.165, 1.54) is 13.0 Å². The molecule has 0 aromatic carbocycles. The third-order valence-corrected chi connectivity index (χ3v) is 2.06. The van der Waals surface area contributed by atoms with Crippen molar-refractivity contribution >= 4 is 11.8 Å². The van der Waals surface area contributed by atoms with Crippen LogP contribution in [0.25, 0.3) is 0 Å². The van der Waals surface area contributed by atoms with Crippen molar-refractivity contribution in [2.45, 2.75) is 26.9 Å². The highest BCUT2D eigenvalue weighted by molar-refractivity contribution is 6.06. The van der Waals surface area contributed by atoms with Crippen LogP contribution >= 0.6 is 0 Å². The number of carbonyl (C=O) groups excluding carboxylic acids is 2. The number of hydrogen-bond donors (Lipinski definition) is 1. The lowest BCUT2D eigenvalue weighted by Gasteiger charge is -2.09. The van der Waals surface area contributed by atoms with Gasteiger partial charge in [-0.25, -0.2) is 4.79 Å². The summed E-state index contributed by atoms with van der Waals surface area (Å²) in [5.74, 6) is -1.59. The van der Waals surface area contributed by atoms with Crippen molar-refractivity contribution in [2.75, 3.05) is 6.61 Å². The number of rotatable bonds is 2. The van der Waals surface area contributed by atoms with Crippen LogP contribution in [0.4, 0.5) is 0 Å². The van der Waals surface area contributed by atoms with E-state index in [2.05, 4.69) is 0 Å². The van der Waals surface area contributed by atoms with Gasteiger partial charge in [-0.2, -0.15) is 0 Å². The van der Waals surface area contributed by atoms with Crippen molar-refractivity contribution < 1.29 is 24.2 Å².